The van der Waals surface area contributed by atoms with Crippen molar-refractivity contribution in [1.29, 1.82) is 0 Å². The molecule has 84 valence electrons. The highest BCUT2D eigenvalue weighted by atomic mass is 14.9. The Bertz CT molecular complexity index is 330. The zero-order chi connectivity index (χ0) is 10.9. The van der Waals surface area contributed by atoms with Crippen LogP contribution < -0.4 is 0 Å². The van der Waals surface area contributed by atoms with Crippen LogP contribution in [0.1, 0.15) is 53.4 Å². The summed E-state index contributed by atoms with van der Waals surface area (Å²) in [7, 11) is 0. The Balaban J connectivity index is 2.15. The molecule has 0 N–H and O–H groups in total. The van der Waals surface area contributed by atoms with E-state index >= 15 is 0 Å². The molecule has 0 aromatic rings. The molecule has 15 heavy (non-hydrogen) atoms. The normalized spacial score (nSPS) is 55.7. The van der Waals surface area contributed by atoms with E-state index < -0.39 is 0 Å². The van der Waals surface area contributed by atoms with Crippen LogP contribution in [0.25, 0.3) is 0 Å². The van der Waals surface area contributed by atoms with Crippen molar-refractivity contribution in [2.75, 3.05) is 0 Å². The monoisotopic (exact) mass is 205 g/mol. The molecule has 2 aliphatic heterocycles. The topological polar surface area (TPSA) is 12.4 Å². The predicted octanol–water partition coefficient (Wildman–Crippen LogP) is 3.68. The molecule has 4 atom stereocenters. The van der Waals surface area contributed by atoms with Gasteiger partial charge in [0, 0.05) is 11.6 Å². The van der Waals surface area contributed by atoms with Crippen molar-refractivity contribution in [3.63, 3.8) is 0 Å². The highest BCUT2D eigenvalue weighted by Crippen LogP contribution is 2.66. The molecule has 0 aromatic heterocycles. The Labute approximate surface area is 93.4 Å². The lowest BCUT2D eigenvalue weighted by molar-refractivity contribution is -0.101. The second-order valence-corrected chi connectivity index (χ2v) is 7.19. The molecule has 1 heteroatoms. The van der Waals surface area contributed by atoms with E-state index in [-0.39, 0.29) is 0 Å². The van der Waals surface area contributed by atoms with Crippen LogP contribution in [0.4, 0.5) is 0 Å². The van der Waals surface area contributed by atoms with E-state index in [9.17, 15) is 0 Å². The van der Waals surface area contributed by atoms with Gasteiger partial charge in [-0.3, -0.25) is 4.99 Å². The van der Waals surface area contributed by atoms with E-state index in [1.807, 2.05) is 0 Å². The zero-order valence-electron chi connectivity index (χ0n) is 10.5. The van der Waals surface area contributed by atoms with Gasteiger partial charge in [-0.05, 0) is 36.0 Å². The second-order valence-electron chi connectivity index (χ2n) is 7.19. The predicted molar refractivity (Wildman–Crippen MR) is 64.2 cm³/mol. The van der Waals surface area contributed by atoms with Gasteiger partial charge >= 0.3 is 0 Å². The largest absolute Gasteiger partial charge is 0.293 e. The summed E-state index contributed by atoms with van der Waals surface area (Å²) in [6.45, 7) is 9.86. The molecule has 2 saturated carbocycles. The highest BCUT2D eigenvalue weighted by molar-refractivity contribution is 5.70. The molecule has 0 unspecified atom stereocenters. The Hall–Kier alpha value is -0.330. The van der Waals surface area contributed by atoms with Gasteiger partial charge in [0.15, 0.2) is 0 Å². The summed E-state index contributed by atoms with van der Waals surface area (Å²) in [5.41, 5.74) is 1.32. The van der Waals surface area contributed by atoms with Crippen molar-refractivity contribution < 1.29 is 0 Å². The van der Waals surface area contributed by atoms with Gasteiger partial charge in [0.2, 0.25) is 0 Å². The summed E-state index contributed by atoms with van der Waals surface area (Å²) in [5, 5.41) is 0. The minimum absolute atomic E-state index is 0.349. The molecule has 1 nitrogen and oxygen atoms in total. The highest BCUT2D eigenvalue weighted by Gasteiger charge is 2.62. The van der Waals surface area contributed by atoms with Crippen LogP contribution >= 0.6 is 0 Å². The van der Waals surface area contributed by atoms with Gasteiger partial charge in [0.1, 0.15) is 0 Å². The molecule has 2 fully saturated rings. The average molecular weight is 205 g/mol. The third kappa shape index (κ3) is 0.976. The minimum atomic E-state index is 0.349. The molecule has 2 aliphatic carbocycles. The summed E-state index contributed by atoms with van der Waals surface area (Å²) in [6, 6.07) is 0.628. The molecule has 0 saturated heterocycles. The molecule has 4 aliphatic rings. The Morgan fingerprint density at radius 2 is 1.93 bits per heavy atom. The molecular formula is C14H23N. The smallest absolute Gasteiger partial charge is 0.0583 e. The van der Waals surface area contributed by atoms with Crippen LogP contribution in [0, 0.1) is 22.2 Å². The number of hydrogen-bond acceptors (Lipinski definition) is 1. The lowest BCUT2D eigenvalue weighted by Gasteiger charge is -2.65. The lowest BCUT2D eigenvalue weighted by atomic mass is 9.41. The fraction of sp³-hybridized carbons (Fsp3) is 0.929. The second kappa shape index (κ2) is 2.49. The Morgan fingerprint density at radius 3 is 2.67 bits per heavy atom. The quantitative estimate of drug-likeness (QED) is 0.572. The van der Waals surface area contributed by atoms with Gasteiger partial charge in [-0.2, -0.15) is 0 Å². The number of nitrogens with zero attached hydrogens (tertiary/aromatic N) is 1. The van der Waals surface area contributed by atoms with Gasteiger partial charge < -0.3 is 0 Å². The van der Waals surface area contributed by atoms with Gasteiger partial charge in [-0.15, -0.1) is 0 Å². The summed E-state index contributed by atoms with van der Waals surface area (Å²) < 4.78 is 0. The van der Waals surface area contributed by atoms with Crippen molar-refractivity contribution in [3.05, 3.63) is 0 Å². The fourth-order valence-corrected chi connectivity index (χ4v) is 4.70. The summed E-state index contributed by atoms with van der Waals surface area (Å²) >= 11 is 0. The molecule has 0 spiro atoms. The van der Waals surface area contributed by atoms with E-state index in [2.05, 4.69) is 33.9 Å². The van der Waals surface area contributed by atoms with Gasteiger partial charge in [-0.25, -0.2) is 0 Å². The fourth-order valence-electron chi connectivity index (χ4n) is 4.70. The number of rotatable bonds is 0. The first-order valence-electron chi connectivity index (χ1n) is 6.43. The third-order valence-corrected chi connectivity index (χ3v) is 6.05. The van der Waals surface area contributed by atoms with Crippen molar-refractivity contribution in [1.82, 2.24) is 0 Å². The van der Waals surface area contributed by atoms with Crippen molar-refractivity contribution in [3.8, 4) is 0 Å². The molecule has 0 aromatic carbocycles. The summed E-state index contributed by atoms with van der Waals surface area (Å²) in [6.07, 6.45) is 7.88. The van der Waals surface area contributed by atoms with E-state index in [1.54, 1.807) is 0 Å². The maximum absolute atomic E-state index is 4.90. The Morgan fingerprint density at radius 1 is 1.20 bits per heavy atom. The summed E-state index contributed by atoms with van der Waals surface area (Å²) in [4.78, 5) is 4.90. The van der Waals surface area contributed by atoms with Crippen molar-refractivity contribution in [2.24, 2.45) is 27.2 Å². The van der Waals surface area contributed by atoms with Crippen molar-refractivity contribution in [2.45, 2.75) is 59.4 Å². The van der Waals surface area contributed by atoms with Crippen molar-refractivity contribution >= 4 is 6.21 Å². The molecule has 0 radical (unpaired) electrons. The van der Waals surface area contributed by atoms with Crippen LogP contribution in [-0.2, 0) is 0 Å². The van der Waals surface area contributed by atoms with Crippen LogP contribution in [0.2, 0.25) is 0 Å². The van der Waals surface area contributed by atoms with Gasteiger partial charge in [0.05, 0.1) is 6.04 Å². The van der Waals surface area contributed by atoms with Crippen LogP contribution in [-0.4, -0.2) is 12.3 Å². The van der Waals surface area contributed by atoms with E-state index in [0.717, 1.165) is 5.92 Å². The average Bonchev–Trinajstić information content (AvgIpc) is 2.12. The van der Waals surface area contributed by atoms with Crippen LogP contribution in [0.15, 0.2) is 4.99 Å². The first kappa shape index (κ1) is 9.86. The van der Waals surface area contributed by atoms with E-state index in [0.29, 0.717) is 22.3 Å². The molecule has 4 bridgehead atoms. The lowest BCUT2D eigenvalue weighted by Crippen LogP contribution is -2.63. The standard InChI is InChI=1S/C14H23N/c1-12(2)10-6-5-7-13(3)8-14(12,4)9-15-11(10)13/h9-11H,5-8H2,1-4H3/t10-,11+,13+,14-/m0/s1. The molecule has 4 rings (SSSR count). The molecule has 2 heterocycles. The maximum Gasteiger partial charge on any atom is 0.0583 e. The minimum Gasteiger partial charge on any atom is -0.293 e. The van der Waals surface area contributed by atoms with Crippen LogP contribution in [0.3, 0.4) is 0 Å². The third-order valence-electron chi connectivity index (χ3n) is 6.05. The zero-order valence-corrected chi connectivity index (χ0v) is 10.5. The molecular weight excluding hydrogens is 182 g/mol. The maximum atomic E-state index is 4.90. The first-order chi connectivity index (χ1) is 6.89. The van der Waals surface area contributed by atoms with Gasteiger partial charge in [-0.1, -0.05) is 34.1 Å². The van der Waals surface area contributed by atoms with E-state index in [1.165, 1.54) is 25.7 Å². The van der Waals surface area contributed by atoms with Crippen LogP contribution in [0.5, 0.6) is 0 Å². The van der Waals surface area contributed by atoms with Gasteiger partial charge in [0.25, 0.3) is 0 Å². The number of aliphatic imine (C=N–C) groups is 1. The van der Waals surface area contributed by atoms with E-state index in [4.69, 9.17) is 4.99 Å². The Kier molecular flexibility index (Phi) is 1.64. The first-order valence-corrected chi connectivity index (χ1v) is 6.43. The summed E-state index contributed by atoms with van der Waals surface area (Å²) in [5.74, 6) is 0.833. The molecule has 0 amide bonds. The number of hydrogen-bond donors (Lipinski definition) is 0. The SMILES string of the molecule is CC1(C)[C@H]2CCC[C@]3(C)C[C@@]1(C)C=N[C@H]23.